The number of halogens is 3. The molecule has 5 rings (SSSR count). The Labute approximate surface area is 196 Å². The van der Waals surface area contributed by atoms with Gasteiger partial charge >= 0.3 is 0 Å². The molecular weight excluding hydrogens is 470 g/mol. The highest BCUT2D eigenvalue weighted by atomic mass is 35.5. The van der Waals surface area contributed by atoms with Crippen LogP contribution in [0.1, 0.15) is 48.0 Å². The number of ketones is 1. The van der Waals surface area contributed by atoms with Crippen LogP contribution in [0.4, 0.5) is 4.39 Å². The molecule has 10 heteroatoms. The van der Waals surface area contributed by atoms with Crippen molar-refractivity contribution in [2.75, 3.05) is 0 Å². The van der Waals surface area contributed by atoms with Gasteiger partial charge in [-0.25, -0.2) is 13.9 Å². The molecule has 0 N–H and O–H groups in total. The maximum atomic E-state index is 14.4. The minimum atomic E-state index is -0.782. The monoisotopic (exact) mass is 482 g/mol. The normalized spacial score (nSPS) is 13.2. The molecule has 0 atom stereocenters. The van der Waals surface area contributed by atoms with Gasteiger partial charge in [-0.2, -0.15) is 5.10 Å². The van der Waals surface area contributed by atoms with Crippen molar-refractivity contribution < 1.29 is 18.8 Å². The number of hydrogen-bond donors (Lipinski definition) is 0. The highest BCUT2D eigenvalue weighted by Gasteiger charge is 2.36. The van der Waals surface area contributed by atoms with Crippen LogP contribution in [0.15, 0.2) is 48.5 Å². The molecule has 0 unspecified atom stereocenters. The molecule has 164 valence electrons. The van der Waals surface area contributed by atoms with Crippen LogP contribution in [0.25, 0.3) is 5.65 Å². The lowest BCUT2D eigenvalue weighted by Crippen LogP contribution is -2.29. The van der Waals surface area contributed by atoms with Crippen LogP contribution in [-0.2, 0) is 6.54 Å². The Hall–Kier alpha value is -3.62. The SMILES string of the molecule is Cc1nc2c(CN3C(=O)c4ccccc4C3=O)cc(Cl)nn2c1C(=O)c1ccc(Cl)cc1F. The number of fused-ring (bicyclic) bond motifs is 2. The van der Waals surface area contributed by atoms with Gasteiger partial charge in [0.05, 0.1) is 28.9 Å². The van der Waals surface area contributed by atoms with E-state index < -0.39 is 23.4 Å². The minimum absolute atomic E-state index is 0.0112. The summed E-state index contributed by atoms with van der Waals surface area (Å²) in [6.07, 6.45) is 0. The molecular formula is C23H13Cl2FN4O3. The lowest BCUT2D eigenvalue weighted by Gasteiger charge is -2.14. The number of carbonyl (C=O) groups excluding carboxylic acids is 3. The van der Waals surface area contributed by atoms with Gasteiger partial charge in [0.15, 0.2) is 10.8 Å². The fourth-order valence-corrected chi connectivity index (χ4v) is 4.25. The fraction of sp³-hybridized carbons (Fsp3) is 0.0870. The minimum Gasteiger partial charge on any atom is -0.287 e. The largest absolute Gasteiger partial charge is 0.287 e. The Morgan fingerprint density at radius 1 is 1.03 bits per heavy atom. The van der Waals surface area contributed by atoms with Gasteiger partial charge in [0, 0.05) is 10.6 Å². The van der Waals surface area contributed by atoms with Crippen molar-refractivity contribution >= 4 is 46.4 Å². The summed E-state index contributed by atoms with van der Waals surface area (Å²) in [6, 6.07) is 11.7. The van der Waals surface area contributed by atoms with E-state index in [1.807, 2.05) is 0 Å². The molecule has 2 amide bonds. The summed E-state index contributed by atoms with van der Waals surface area (Å²) in [6.45, 7) is 1.45. The molecule has 0 aliphatic carbocycles. The maximum Gasteiger partial charge on any atom is 0.261 e. The Morgan fingerprint density at radius 2 is 1.70 bits per heavy atom. The van der Waals surface area contributed by atoms with Gasteiger partial charge in [-0.1, -0.05) is 35.3 Å². The molecule has 2 aromatic carbocycles. The first-order valence-electron chi connectivity index (χ1n) is 9.76. The zero-order valence-corrected chi connectivity index (χ0v) is 18.5. The highest BCUT2D eigenvalue weighted by molar-refractivity contribution is 6.30. The quantitative estimate of drug-likeness (QED) is 0.315. The van der Waals surface area contributed by atoms with E-state index >= 15 is 0 Å². The Bertz CT molecular complexity index is 1480. The lowest BCUT2D eigenvalue weighted by molar-refractivity contribution is 0.0642. The summed E-state index contributed by atoms with van der Waals surface area (Å²) < 4.78 is 15.6. The van der Waals surface area contributed by atoms with Crippen molar-refractivity contribution in [1.82, 2.24) is 19.5 Å². The summed E-state index contributed by atoms with van der Waals surface area (Å²) in [4.78, 5) is 44.2. The number of aryl methyl sites for hydroxylation is 1. The molecule has 2 aromatic heterocycles. The Morgan fingerprint density at radius 3 is 2.33 bits per heavy atom. The lowest BCUT2D eigenvalue weighted by atomic mass is 10.1. The first kappa shape index (κ1) is 21.2. The smallest absolute Gasteiger partial charge is 0.261 e. The van der Waals surface area contributed by atoms with Crippen LogP contribution in [0.2, 0.25) is 10.2 Å². The molecule has 0 radical (unpaired) electrons. The molecule has 0 bridgehead atoms. The zero-order valence-electron chi connectivity index (χ0n) is 17.0. The van der Waals surface area contributed by atoms with Gasteiger partial charge in [-0.3, -0.25) is 19.3 Å². The van der Waals surface area contributed by atoms with Crippen LogP contribution in [0, 0.1) is 12.7 Å². The number of rotatable bonds is 4. The standard InChI is InChI=1S/C23H13Cl2FN4O3/c1-11-19(20(31)16-7-6-13(24)9-17(16)26)30-21(27-11)12(8-18(25)28-30)10-29-22(32)14-4-2-3-5-15(14)23(29)33/h2-9H,10H2,1H3. The van der Waals surface area contributed by atoms with Gasteiger partial charge in [0.25, 0.3) is 11.8 Å². The third-order valence-corrected chi connectivity index (χ3v) is 5.82. The van der Waals surface area contributed by atoms with Gasteiger partial charge in [0.1, 0.15) is 11.5 Å². The first-order chi connectivity index (χ1) is 15.8. The van der Waals surface area contributed by atoms with E-state index in [1.54, 1.807) is 31.2 Å². The molecule has 0 spiro atoms. The van der Waals surface area contributed by atoms with Crippen molar-refractivity contribution in [3.05, 3.63) is 98.2 Å². The van der Waals surface area contributed by atoms with E-state index in [0.717, 1.165) is 11.0 Å². The summed E-state index contributed by atoms with van der Waals surface area (Å²) in [5.74, 6) is -2.32. The Balaban J connectivity index is 1.60. The number of imide groups is 1. The number of hydrogen-bond acceptors (Lipinski definition) is 5. The molecule has 0 saturated heterocycles. The van der Waals surface area contributed by atoms with Crippen LogP contribution >= 0.6 is 23.2 Å². The maximum absolute atomic E-state index is 14.4. The average Bonchev–Trinajstić information content (AvgIpc) is 3.22. The summed E-state index contributed by atoms with van der Waals surface area (Å²) in [5.41, 5.74) is 1.35. The van der Waals surface area contributed by atoms with Gasteiger partial charge in [0.2, 0.25) is 5.78 Å². The average molecular weight is 483 g/mol. The molecule has 1 aliphatic rings. The van der Waals surface area contributed by atoms with Gasteiger partial charge in [-0.15, -0.1) is 0 Å². The molecule has 4 aromatic rings. The van der Waals surface area contributed by atoms with Crippen LogP contribution in [-0.4, -0.2) is 37.1 Å². The van der Waals surface area contributed by atoms with E-state index in [4.69, 9.17) is 23.2 Å². The molecule has 0 fully saturated rings. The predicted octanol–water partition coefficient (Wildman–Crippen LogP) is 4.51. The van der Waals surface area contributed by atoms with Crippen molar-refractivity contribution in [2.45, 2.75) is 13.5 Å². The second-order valence-corrected chi connectivity index (χ2v) is 8.29. The number of amides is 2. The number of carbonyl (C=O) groups is 3. The highest BCUT2D eigenvalue weighted by Crippen LogP contribution is 2.28. The van der Waals surface area contributed by atoms with Gasteiger partial charge in [-0.05, 0) is 43.3 Å². The fourth-order valence-electron chi connectivity index (χ4n) is 3.89. The first-order valence-corrected chi connectivity index (χ1v) is 10.5. The van der Waals surface area contributed by atoms with E-state index in [0.29, 0.717) is 16.7 Å². The molecule has 3 heterocycles. The van der Waals surface area contributed by atoms with Gasteiger partial charge < -0.3 is 0 Å². The summed E-state index contributed by atoms with van der Waals surface area (Å²) >= 11 is 12.0. The predicted molar refractivity (Wildman–Crippen MR) is 118 cm³/mol. The van der Waals surface area contributed by atoms with Crippen molar-refractivity contribution in [1.29, 1.82) is 0 Å². The van der Waals surface area contributed by atoms with Crippen LogP contribution in [0.5, 0.6) is 0 Å². The van der Waals surface area contributed by atoms with E-state index in [1.165, 1.54) is 22.7 Å². The third-order valence-electron chi connectivity index (χ3n) is 5.40. The zero-order chi connectivity index (χ0) is 23.4. The van der Waals surface area contributed by atoms with Crippen LogP contribution in [0.3, 0.4) is 0 Å². The Kier molecular flexibility index (Phi) is 4.99. The number of benzene rings is 2. The number of aromatic nitrogens is 3. The van der Waals surface area contributed by atoms with E-state index in [2.05, 4.69) is 10.1 Å². The number of nitrogens with zero attached hydrogens (tertiary/aromatic N) is 4. The van der Waals surface area contributed by atoms with Crippen LogP contribution < -0.4 is 0 Å². The molecule has 7 nitrogen and oxygen atoms in total. The molecule has 0 saturated carbocycles. The van der Waals surface area contributed by atoms with E-state index in [9.17, 15) is 18.8 Å². The second kappa shape index (κ2) is 7.75. The summed E-state index contributed by atoms with van der Waals surface area (Å²) in [7, 11) is 0. The molecule has 1 aliphatic heterocycles. The van der Waals surface area contributed by atoms with Crippen molar-refractivity contribution in [3.8, 4) is 0 Å². The number of imidazole rings is 1. The van der Waals surface area contributed by atoms with E-state index in [-0.39, 0.29) is 39.3 Å². The van der Waals surface area contributed by atoms with Crippen molar-refractivity contribution in [3.63, 3.8) is 0 Å². The summed E-state index contributed by atoms with van der Waals surface area (Å²) in [5, 5.41) is 4.33. The molecule has 33 heavy (non-hydrogen) atoms. The second-order valence-electron chi connectivity index (χ2n) is 7.47. The topological polar surface area (TPSA) is 84.6 Å². The third kappa shape index (κ3) is 3.39. The van der Waals surface area contributed by atoms with Crippen molar-refractivity contribution in [2.24, 2.45) is 0 Å².